The number of H-pyrrole nitrogens is 2. The fourth-order valence-corrected chi connectivity index (χ4v) is 5.19. The number of benzene rings is 2. The van der Waals surface area contributed by atoms with Crippen molar-refractivity contribution in [2.75, 3.05) is 0 Å². The minimum absolute atomic E-state index is 0.0655. The van der Waals surface area contributed by atoms with Gasteiger partial charge >= 0.3 is 0 Å². The second-order valence-electron chi connectivity index (χ2n) is 8.66. The monoisotopic (exact) mass is 541 g/mol. The van der Waals surface area contributed by atoms with E-state index in [9.17, 15) is 9.35 Å². The molecule has 0 saturated carbocycles. The van der Waals surface area contributed by atoms with Gasteiger partial charge in [0.15, 0.2) is 10.5 Å². The third-order valence-corrected chi connectivity index (χ3v) is 7.44. The smallest absolute Gasteiger partial charge is 0.254 e. The summed E-state index contributed by atoms with van der Waals surface area (Å²) in [7, 11) is 0. The number of rotatable bonds is 6. The van der Waals surface area contributed by atoms with E-state index in [2.05, 4.69) is 24.9 Å². The second kappa shape index (κ2) is 9.99. The first kappa shape index (κ1) is 24.3. The summed E-state index contributed by atoms with van der Waals surface area (Å²) >= 11 is 5.00. The van der Waals surface area contributed by atoms with E-state index in [-0.39, 0.29) is 12.1 Å². The van der Waals surface area contributed by atoms with E-state index < -0.39 is 11.4 Å². The summed E-state index contributed by atoms with van der Waals surface area (Å²) < 4.78 is 15.5. The minimum Gasteiger partial charge on any atom is -0.593 e. The normalized spacial score (nSPS) is 12.3. The Kier molecular flexibility index (Phi) is 6.38. The van der Waals surface area contributed by atoms with Gasteiger partial charge in [-0.05, 0) is 37.3 Å². The maximum atomic E-state index is 12.9. The summed E-state index contributed by atoms with van der Waals surface area (Å²) in [5.74, 6) is 0. The predicted octanol–water partition coefficient (Wildman–Crippen LogP) is 4.70. The molecule has 0 saturated heterocycles. The standard InChI is InChI=1S/C27H20ClN7O2S/c1-15-7-8-20(14-29-15)38(37)31-13-19-11-22-26(34-27(19)36)33-24(16-5-3-2-4-6-16)25(32-22)17-9-18-12-30-35-23(18)21(28)10-17/h2-12,14,31H,13H2,1H3,(H,30,35)(H,33,34,36). The van der Waals surface area contributed by atoms with Gasteiger partial charge in [0.1, 0.15) is 5.52 Å². The number of hydrogen-bond donors (Lipinski definition) is 3. The highest BCUT2D eigenvalue weighted by molar-refractivity contribution is 7.89. The van der Waals surface area contributed by atoms with Crippen LogP contribution in [0.1, 0.15) is 11.3 Å². The quantitative estimate of drug-likeness (QED) is 0.260. The van der Waals surface area contributed by atoms with Crippen LogP contribution < -0.4 is 10.3 Å². The molecule has 188 valence electrons. The van der Waals surface area contributed by atoms with Gasteiger partial charge in [-0.25, -0.2) is 9.97 Å². The fourth-order valence-electron chi connectivity index (χ4n) is 4.13. The molecule has 3 N–H and O–H groups in total. The first-order valence-electron chi connectivity index (χ1n) is 11.7. The van der Waals surface area contributed by atoms with Crippen molar-refractivity contribution in [3.8, 4) is 22.5 Å². The molecular weight excluding hydrogens is 522 g/mol. The molecule has 1 atom stereocenters. The lowest BCUT2D eigenvalue weighted by Crippen LogP contribution is -2.27. The second-order valence-corrected chi connectivity index (χ2v) is 10.4. The third kappa shape index (κ3) is 4.66. The van der Waals surface area contributed by atoms with Crippen molar-refractivity contribution in [2.24, 2.45) is 0 Å². The molecule has 0 aliphatic heterocycles. The van der Waals surface area contributed by atoms with Gasteiger partial charge in [-0.2, -0.15) is 5.10 Å². The van der Waals surface area contributed by atoms with E-state index >= 15 is 0 Å². The molecule has 38 heavy (non-hydrogen) atoms. The van der Waals surface area contributed by atoms with Crippen LogP contribution in [0.25, 0.3) is 44.6 Å². The van der Waals surface area contributed by atoms with Crippen molar-refractivity contribution in [1.29, 1.82) is 0 Å². The highest BCUT2D eigenvalue weighted by atomic mass is 35.5. The van der Waals surface area contributed by atoms with Crippen LogP contribution in [0.5, 0.6) is 0 Å². The van der Waals surface area contributed by atoms with Crippen molar-refractivity contribution < 1.29 is 4.55 Å². The largest absolute Gasteiger partial charge is 0.593 e. The van der Waals surface area contributed by atoms with Gasteiger partial charge in [0.25, 0.3) is 5.56 Å². The summed E-state index contributed by atoms with van der Waals surface area (Å²) in [5, 5.41) is 8.34. The van der Waals surface area contributed by atoms with E-state index in [1.165, 1.54) is 0 Å². The molecular formula is C27H20ClN7O2S. The maximum Gasteiger partial charge on any atom is 0.254 e. The van der Waals surface area contributed by atoms with Gasteiger partial charge in [0.05, 0.1) is 52.2 Å². The molecule has 0 aliphatic rings. The highest BCUT2D eigenvalue weighted by Gasteiger charge is 2.18. The molecule has 0 fully saturated rings. The molecule has 0 amide bonds. The zero-order chi connectivity index (χ0) is 26.2. The first-order valence-corrected chi connectivity index (χ1v) is 13.2. The van der Waals surface area contributed by atoms with Crippen LogP contribution in [0.15, 0.2) is 82.7 Å². The van der Waals surface area contributed by atoms with Crippen molar-refractivity contribution in [3.63, 3.8) is 0 Å². The summed E-state index contributed by atoms with van der Waals surface area (Å²) in [6.07, 6.45) is 3.25. The molecule has 2 aromatic carbocycles. The van der Waals surface area contributed by atoms with Crippen molar-refractivity contribution >= 4 is 45.0 Å². The number of aromatic amines is 2. The topological polar surface area (TPSA) is 135 Å². The SMILES string of the molecule is Cc1ccc([S+]([O-])NCc2cc3nc(-c4cc(Cl)c5[nH]ncc5c4)c(-c4ccccc4)nc3[nH]c2=O)cn1. The number of nitrogens with one attached hydrogen (secondary N) is 3. The Hall–Kier alpha value is -4.09. The van der Waals surface area contributed by atoms with E-state index in [1.807, 2.05) is 49.4 Å². The van der Waals surface area contributed by atoms with Gasteiger partial charge in [-0.1, -0.05) is 41.9 Å². The van der Waals surface area contributed by atoms with Crippen molar-refractivity contribution in [1.82, 2.24) is 34.9 Å². The van der Waals surface area contributed by atoms with Gasteiger partial charge in [0, 0.05) is 27.8 Å². The molecule has 4 aromatic heterocycles. The van der Waals surface area contributed by atoms with Crippen LogP contribution >= 0.6 is 11.6 Å². The van der Waals surface area contributed by atoms with Gasteiger partial charge in [-0.3, -0.25) is 14.9 Å². The lowest BCUT2D eigenvalue weighted by atomic mass is 10.0. The fraction of sp³-hybridized carbons (Fsp3) is 0.0741. The van der Waals surface area contributed by atoms with E-state index in [1.54, 1.807) is 30.6 Å². The molecule has 6 rings (SSSR count). The number of aromatic nitrogens is 6. The maximum absolute atomic E-state index is 12.9. The average Bonchev–Trinajstić information content (AvgIpc) is 3.41. The molecule has 0 aliphatic carbocycles. The Morgan fingerprint density at radius 2 is 1.82 bits per heavy atom. The van der Waals surface area contributed by atoms with Crippen LogP contribution in [0, 0.1) is 6.92 Å². The predicted molar refractivity (Wildman–Crippen MR) is 148 cm³/mol. The lowest BCUT2D eigenvalue weighted by molar-refractivity contribution is 0.579. The van der Waals surface area contributed by atoms with E-state index in [4.69, 9.17) is 21.6 Å². The Bertz CT molecular complexity index is 1840. The van der Waals surface area contributed by atoms with Gasteiger partial charge in [0.2, 0.25) is 0 Å². The van der Waals surface area contributed by atoms with Crippen LogP contribution in [0.2, 0.25) is 5.02 Å². The van der Waals surface area contributed by atoms with Gasteiger partial charge in [-0.15, -0.1) is 4.72 Å². The summed E-state index contributed by atoms with van der Waals surface area (Å²) in [4.78, 5) is 30.1. The zero-order valence-electron chi connectivity index (χ0n) is 20.0. The third-order valence-electron chi connectivity index (χ3n) is 6.07. The summed E-state index contributed by atoms with van der Waals surface area (Å²) in [5.41, 5.74) is 5.25. The number of fused-ring (bicyclic) bond motifs is 2. The van der Waals surface area contributed by atoms with Crippen LogP contribution in [-0.4, -0.2) is 34.7 Å². The Morgan fingerprint density at radius 1 is 1.00 bits per heavy atom. The Morgan fingerprint density at radius 3 is 2.61 bits per heavy atom. The van der Waals surface area contributed by atoms with Crippen LogP contribution in [-0.2, 0) is 17.9 Å². The molecule has 9 nitrogen and oxygen atoms in total. The molecule has 11 heteroatoms. The van der Waals surface area contributed by atoms with Crippen LogP contribution in [0.4, 0.5) is 0 Å². The summed E-state index contributed by atoms with van der Waals surface area (Å²) in [6, 6.07) is 18.6. The molecule has 4 heterocycles. The molecule has 0 radical (unpaired) electrons. The minimum atomic E-state index is -1.53. The number of pyridine rings is 2. The molecule has 0 bridgehead atoms. The van der Waals surface area contributed by atoms with E-state index in [0.717, 1.165) is 27.7 Å². The van der Waals surface area contributed by atoms with Crippen LogP contribution in [0.3, 0.4) is 0 Å². The molecule has 0 spiro atoms. The molecule has 6 aromatic rings. The average molecular weight is 542 g/mol. The number of hydrogen-bond acceptors (Lipinski definition) is 7. The first-order chi connectivity index (χ1) is 18.5. The van der Waals surface area contributed by atoms with E-state index in [0.29, 0.717) is 38.0 Å². The summed E-state index contributed by atoms with van der Waals surface area (Å²) in [6.45, 7) is 1.92. The Balaban J connectivity index is 1.43. The molecule has 1 unspecified atom stereocenters. The number of nitrogens with zero attached hydrogens (tertiary/aromatic N) is 4. The van der Waals surface area contributed by atoms with Crippen molar-refractivity contribution in [3.05, 3.63) is 99.7 Å². The zero-order valence-corrected chi connectivity index (χ0v) is 21.6. The highest BCUT2D eigenvalue weighted by Crippen LogP contribution is 2.34. The number of aryl methyl sites for hydroxylation is 1. The van der Waals surface area contributed by atoms with Crippen molar-refractivity contribution in [2.45, 2.75) is 18.4 Å². The number of halogens is 1. The lowest BCUT2D eigenvalue weighted by Gasteiger charge is -2.13. The van der Waals surface area contributed by atoms with Gasteiger partial charge < -0.3 is 9.54 Å². The Labute approximate surface area is 224 Å².